The molecule has 0 spiro atoms. The van der Waals surface area contributed by atoms with Crippen LogP contribution in [0.15, 0.2) is 23.8 Å². The first-order chi connectivity index (χ1) is 9.79. The quantitative estimate of drug-likeness (QED) is 0.811. The topological polar surface area (TPSA) is 39.7 Å². The molecule has 4 heteroatoms. The number of ether oxygens (including phenoxy) is 3. The lowest BCUT2D eigenvalue weighted by Gasteiger charge is -2.08. The molecular weight excluding hydrogens is 254 g/mol. The van der Waals surface area contributed by atoms with Crippen LogP contribution in [0.3, 0.4) is 0 Å². The second kappa shape index (κ2) is 7.92. The SMILES string of the molecule is COCCNCC(C)=Cc1ccc2c(c1)OCCCO2. The zero-order valence-corrected chi connectivity index (χ0v) is 12.3. The molecule has 1 aromatic carbocycles. The largest absolute Gasteiger partial charge is 0.490 e. The summed E-state index contributed by atoms with van der Waals surface area (Å²) < 4.78 is 16.3. The standard InChI is InChI=1S/C16H23NO3/c1-13(12-17-6-9-18-2)10-14-4-5-15-16(11-14)20-8-3-7-19-15/h4-5,10-11,17H,3,6-9,12H2,1-2H3. The third kappa shape index (κ3) is 4.54. The van der Waals surface area contributed by atoms with Crippen LogP contribution in [0.4, 0.5) is 0 Å². The molecule has 0 bridgehead atoms. The van der Waals surface area contributed by atoms with E-state index >= 15 is 0 Å². The van der Waals surface area contributed by atoms with Crippen LogP contribution in [0.25, 0.3) is 6.08 Å². The second-order valence-corrected chi connectivity index (χ2v) is 4.92. The molecule has 0 atom stereocenters. The molecule has 1 aliphatic rings. The fourth-order valence-electron chi connectivity index (χ4n) is 2.06. The molecule has 110 valence electrons. The summed E-state index contributed by atoms with van der Waals surface area (Å²) in [7, 11) is 1.71. The molecule has 0 saturated carbocycles. The fourth-order valence-corrected chi connectivity index (χ4v) is 2.06. The number of fused-ring (bicyclic) bond motifs is 1. The van der Waals surface area contributed by atoms with E-state index in [-0.39, 0.29) is 0 Å². The summed E-state index contributed by atoms with van der Waals surface area (Å²) in [4.78, 5) is 0. The molecule has 20 heavy (non-hydrogen) atoms. The molecule has 0 aliphatic carbocycles. The van der Waals surface area contributed by atoms with Crippen molar-refractivity contribution in [3.63, 3.8) is 0 Å². The molecule has 1 heterocycles. The molecular formula is C16H23NO3. The van der Waals surface area contributed by atoms with Crippen molar-refractivity contribution >= 4 is 6.08 Å². The number of nitrogens with one attached hydrogen (secondary N) is 1. The Bertz CT molecular complexity index is 457. The van der Waals surface area contributed by atoms with Gasteiger partial charge >= 0.3 is 0 Å². The number of hydrogen-bond donors (Lipinski definition) is 1. The smallest absolute Gasteiger partial charge is 0.161 e. The van der Waals surface area contributed by atoms with E-state index in [1.165, 1.54) is 5.57 Å². The van der Waals surface area contributed by atoms with Gasteiger partial charge in [-0.25, -0.2) is 0 Å². The van der Waals surface area contributed by atoms with E-state index in [4.69, 9.17) is 14.2 Å². The molecule has 0 amide bonds. The van der Waals surface area contributed by atoms with Gasteiger partial charge in [-0.3, -0.25) is 0 Å². The summed E-state index contributed by atoms with van der Waals surface area (Å²) >= 11 is 0. The molecule has 2 rings (SSSR count). The van der Waals surface area contributed by atoms with Gasteiger partial charge in [0.25, 0.3) is 0 Å². The van der Waals surface area contributed by atoms with Crippen molar-refractivity contribution in [2.45, 2.75) is 13.3 Å². The number of hydrogen-bond acceptors (Lipinski definition) is 4. The molecule has 1 aromatic rings. The van der Waals surface area contributed by atoms with Gasteiger partial charge in [0.05, 0.1) is 19.8 Å². The number of rotatable bonds is 6. The Kier molecular flexibility index (Phi) is 5.89. The van der Waals surface area contributed by atoms with E-state index in [1.54, 1.807) is 7.11 Å². The summed E-state index contributed by atoms with van der Waals surface area (Å²) in [5.74, 6) is 1.69. The molecule has 0 aromatic heterocycles. The minimum absolute atomic E-state index is 0.720. The van der Waals surface area contributed by atoms with Gasteiger partial charge in [-0.1, -0.05) is 17.7 Å². The average Bonchev–Trinajstić information content (AvgIpc) is 2.68. The minimum atomic E-state index is 0.720. The lowest BCUT2D eigenvalue weighted by Crippen LogP contribution is -2.20. The molecule has 1 aliphatic heterocycles. The Hall–Kier alpha value is -1.52. The van der Waals surface area contributed by atoms with Gasteiger partial charge in [0.1, 0.15) is 0 Å². The highest BCUT2D eigenvalue weighted by Crippen LogP contribution is 2.30. The molecule has 0 unspecified atom stereocenters. The van der Waals surface area contributed by atoms with E-state index < -0.39 is 0 Å². The van der Waals surface area contributed by atoms with Crippen molar-refractivity contribution in [1.29, 1.82) is 0 Å². The van der Waals surface area contributed by atoms with Crippen molar-refractivity contribution in [1.82, 2.24) is 5.32 Å². The van der Waals surface area contributed by atoms with Gasteiger partial charge in [-0.15, -0.1) is 0 Å². The molecule has 0 fully saturated rings. The molecule has 1 N–H and O–H groups in total. The predicted molar refractivity (Wildman–Crippen MR) is 80.4 cm³/mol. The van der Waals surface area contributed by atoms with Crippen molar-refractivity contribution in [2.24, 2.45) is 0 Å². The zero-order chi connectivity index (χ0) is 14.2. The van der Waals surface area contributed by atoms with E-state index in [9.17, 15) is 0 Å². The first-order valence-electron chi connectivity index (χ1n) is 7.06. The zero-order valence-electron chi connectivity index (χ0n) is 12.3. The van der Waals surface area contributed by atoms with Gasteiger partial charge < -0.3 is 19.5 Å². The van der Waals surface area contributed by atoms with Crippen LogP contribution >= 0.6 is 0 Å². The van der Waals surface area contributed by atoms with Gasteiger partial charge in [0, 0.05) is 26.6 Å². The van der Waals surface area contributed by atoms with Crippen molar-refractivity contribution in [3.8, 4) is 11.5 Å². The van der Waals surface area contributed by atoms with Crippen LogP contribution in [-0.2, 0) is 4.74 Å². The summed E-state index contributed by atoms with van der Waals surface area (Å²) in [6, 6.07) is 6.09. The summed E-state index contributed by atoms with van der Waals surface area (Å²) in [5, 5.41) is 3.33. The lowest BCUT2D eigenvalue weighted by atomic mass is 10.1. The molecule has 0 saturated heterocycles. The van der Waals surface area contributed by atoms with E-state index in [0.29, 0.717) is 0 Å². The highest BCUT2D eigenvalue weighted by molar-refractivity contribution is 5.58. The maximum absolute atomic E-state index is 5.70. The normalized spacial score (nSPS) is 15.0. The maximum atomic E-state index is 5.70. The van der Waals surface area contributed by atoms with Gasteiger partial charge in [-0.05, 0) is 24.6 Å². The number of benzene rings is 1. The van der Waals surface area contributed by atoms with Gasteiger partial charge in [0.15, 0.2) is 11.5 Å². The van der Waals surface area contributed by atoms with E-state index in [1.807, 2.05) is 12.1 Å². The van der Waals surface area contributed by atoms with Crippen LogP contribution in [0.2, 0.25) is 0 Å². The Morgan fingerprint density at radius 1 is 1.30 bits per heavy atom. The summed E-state index contributed by atoms with van der Waals surface area (Å²) in [6.07, 6.45) is 3.09. The van der Waals surface area contributed by atoms with Crippen LogP contribution < -0.4 is 14.8 Å². The first-order valence-corrected chi connectivity index (χ1v) is 7.06. The predicted octanol–water partition coefficient (Wildman–Crippen LogP) is 2.49. The third-order valence-electron chi connectivity index (χ3n) is 3.07. The van der Waals surface area contributed by atoms with Crippen molar-refractivity contribution in [2.75, 3.05) is 40.0 Å². The Labute approximate surface area is 120 Å². The number of methoxy groups -OCH3 is 1. The average molecular weight is 277 g/mol. The first kappa shape index (κ1) is 14.9. The van der Waals surface area contributed by atoms with Gasteiger partial charge in [0.2, 0.25) is 0 Å². The highest BCUT2D eigenvalue weighted by Gasteiger charge is 2.09. The Morgan fingerprint density at radius 2 is 2.10 bits per heavy atom. The lowest BCUT2D eigenvalue weighted by molar-refractivity contribution is 0.200. The Balaban J connectivity index is 1.96. The minimum Gasteiger partial charge on any atom is -0.490 e. The Morgan fingerprint density at radius 3 is 2.90 bits per heavy atom. The van der Waals surface area contributed by atoms with Crippen LogP contribution in [-0.4, -0.2) is 40.0 Å². The summed E-state index contributed by atoms with van der Waals surface area (Å²) in [5.41, 5.74) is 2.41. The highest BCUT2D eigenvalue weighted by atomic mass is 16.5. The van der Waals surface area contributed by atoms with Crippen LogP contribution in [0, 0.1) is 0 Å². The summed E-state index contributed by atoms with van der Waals surface area (Å²) in [6.45, 7) is 6.02. The molecule has 0 radical (unpaired) electrons. The van der Waals surface area contributed by atoms with Crippen LogP contribution in [0.1, 0.15) is 18.9 Å². The van der Waals surface area contributed by atoms with E-state index in [0.717, 1.165) is 56.4 Å². The van der Waals surface area contributed by atoms with E-state index in [2.05, 4.69) is 24.4 Å². The van der Waals surface area contributed by atoms with Crippen LogP contribution in [0.5, 0.6) is 11.5 Å². The van der Waals surface area contributed by atoms with Crippen molar-refractivity contribution in [3.05, 3.63) is 29.3 Å². The second-order valence-electron chi connectivity index (χ2n) is 4.92. The molecule has 4 nitrogen and oxygen atoms in total. The third-order valence-corrected chi connectivity index (χ3v) is 3.07. The maximum Gasteiger partial charge on any atom is 0.161 e. The monoisotopic (exact) mass is 277 g/mol. The fraction of sp³-hybridized carbons (Fsp3) is 0.500. The van der Waals surface area contributed by atoms with Gasteiger partial charge in [-0.2, -0.15) is 0 Å². The van der Waals surface area contributed by atoms with Crippen molar-refractivity contribution < 1.29 is 14.2 Å².